The first-order valence-corrected chi connectivity index (χ1v) is 5.00. The van der Waals surface area contributed by atoms with Crippen molar-refractivity contribution in [3.8, 4) is 0 Å². The van der Waals surface area contributed by atoms with E-state index in [9.17, 15) is 4.79 Å². The van der Waals surface area contributed by atoms with Crippen LogP contribution in [0.15, 0.2) is 12.3 Å². The maximum absolute atomic E-state index is 11.0. The number of aromatic nitrogens is 2. The predicted octanol–water partition coefficient (Wildman–Crippen LogP) is 1.17. The Morgan fingerprint density at radius 1 is 1.53 bits per heavy atom. The molecule has 5 heteroatoms. The Labute approximate surface area is 88.9 Å². The van der Waals surface area contributed by atoms with E-state index in [-0.39, 0.29) is 12.0 Å². The molecule has 1 heterocycles. The highest BCUT2D eigenvalue weighted by atomic mass is 16.4. The van der Waals surface area contributed by atoms with E-state index in [0.29, 0.717) is 0 Å². The number of hydrogen-bond acceptors (Lipinski definition) is 3. The van der Waals surface area contributed by atoms with Crippen molar-refractivity contribution in [1.29, 1.82) is 0 Å². The second-order valence-electron chi connectivity index (χ2n) is 3.96. The molecule has 1 aromatic rings. The average molecular weight is 211 g/mol. The average Bonchev–Trinajstić information content (AvgIpc) is 2.65. The molecule has 3 N–H and O–H groups in total. The highest BCUT2D eigenvalue weighted by Crippen LogP contribution is 2.12. The Kier molecular flexibility index (Phi) is 3.85. The summed E-state index contributed by atoms with van der Waals surface area (Å²) in [4.78, 5) is 11.0. The smallest absolute Gasteiger partial charge is 0.320 e. The molecular weight excluding hydrogens is 194 g/mol. The molecule has 0 amide bonds. The lowest BCUT2D eigenvalue weighted by Gasteiger charge is -2.22. The first kappa shape index (κ1) is 11.7. The molecule has 5 nitrogen and oxygen atoms in total. The van der Waals surface area contributed by atoms with Gasteiger partial charge < -0.3 is 5.11 Å². The minimum Gasteiger partial charge on any atom is -0.480 e. The zero-order valence-corrected chi connectivity index (χ0v) is 9.19. The molecule has 0 aliphatic rings. The fraction of sp³-hybridized carbons (Fsp3) is 0.600. The maximum atomic E-state index is 11.0. The van der Waals surface area contributed by atoms with Crippen molar-refractivity contribution in [2.24, 2.45) is 5.92 Å². The molecule has 0 bridgehead atoms. The summed E-state index contributed by atoms with van der Waals surface area (Å²) < 4.78 is 0. The van der Waals surface area contributed by atoms with E-state index in [1.165, 1.54) is 0 Å². The molecule has 1 aromatic heterocycles. The number of carboxylic acids is 1. The Morgan fingerprint density at radius 3 is 2.60 bits per heavy atom. The van der Waals surface area contributed by atoms with E-state index in [1.54, 1.807) is 6.20 Å². The van der Waals surface area contributed by atoms with Gasteiger partial charge in [0.1, 0.15) is 6.04 Å². The zero-order chi connectivity index (χ0) is 11.4. The van der Waals surface area contributed by atoms with Gasteiger partial charge in [-0.2, -0.15) is 5.10 Å². The molecule has 0 aliphatic carbocycles. The van der Waals surface area contributed by atoms with Gasteiger partial charge >= 0.3 is 5.97 Å². The fourth-order valence-corrected chi connectivity index (χ4v) is 1.42. The van der Waals surface area contributed by atoms with Crippen LogP contribution in [-0.4, -0.2) is 27.3 Å². The quantitative estimate of drug-likeness (QED) is 0.683. The van der Waals surface area contributed by atoms with Crippen molar-refractivity contribution in [2.75, 3.05) is 0 Å². The third kappa shape index (κ3) is 3.06. The lowest BCUT2D eigenvalue weighted by atomic mass is 10.0. The van der Waals surface area contributed by atoms with Crippen molar-refractivity contribution < 1.29 is 9.90 Å². The molecule has 2 atom stereocenters. The molecule has 2 unspecified atom stereocenters. The van der Waals surface area contributed by atoms with E-state index in [2.05, 4.69) is 15.5 Å². The SMILES string of the molecule is CC(NC(C(=O)O)C(C)C)c1ccn[nH]1. The number of rotatable bonds is 5. The molecule has 1 rings (SSSR count). The standard InChI is InChI=1S/C10H17N3O2/c1-6(2)9(10(14)15)12-7(3)8-4-5-11-13-8/h4-7,9,12H,1-3H3,(H,11,13)(H,14,15). The number of H-pyrrole nitrogens is 1. The molecule has 15 heavy (non-hydrogen) atoms. The Morgan fingerprint density at radius 2 is 2.20 bits per heavy atom. The van der Waals surface area contributed by atoms with Crippen molar-refractivity contribution in [3.63, 3.8) is 0 Å². The van der Waals surface area contributed by atoms with Crippen LogP contribution in [0.2, 0.25) is 0 Å². The van der Waals surface area contributed by atoms with Gasteiger partial charge in [0.05, 0.1) is 5.69 Å². The predicted molar refractivity (Wildman–Crippen MR) is 56.4 cm³/mol. The van der Waals surface area contributed by atoms with E-state index in [4.69, 9.17) is 5.11 Å². The van der Waals surface area contributed by atoms with Gasteiger partial charge in [-0.15, -0.1) is 0 Å². The summed E-state index contributed by atoms with van der Waals surface area (Å²) in [6.07, 6.45) is 1.65. The van der Waals surface area contributed by atoms with Crippen LogP contribution in [-0.2, 0) is 4.79 Å². The summed E-state index contributed by atoms with van der Waals surface area (Å²) in [5, 5.41) is 18.7. The van der Waals surface area contributed by atoms with Gasteiger partial charge in [-0.05, 0) is 18.9 Å². The Bertz CT molecular complexity index is 308. The largest absolute Gasteiger partial charge is 0.480 e. The van der Waals surface area contributed by atoms with Crippen molar-refractivity contribution in [1.82, 2.24) is 15.5 Å². The first-order chi connectivity index (χ1) is 7.02. The van der Waals surface area contributed by atoms with Crippen LogP contribution in [0.5, 0.6) is 0 Å². The summed E-state index contributed by atoms with van der Waals surface area (Å²) in [6.45, 7) is 5.67. The van der Waals surface area contributed by atoms with Crippen LogP contribution in [0.1, 0.15) is 32.5 Å². The van der Waals surface area contributed by atoms with Gasteiger partial charge in [0.15, 0.2) is 0 Å². The minimum absolute atomic E-state index is 0.0454. The van der Waals surface area contributed by atoms with E-state index in [0.717, 1.165) is 5.69 Å². The number of aliphatic carboxylic acids is 1. The van der Waals surface area contributed by atoms with Gasteiger partial charge in [-0.1, -0.05) is 13.8 Å². The molecule has 0 saturated heterocycles. The molecule has 0 aromatic carbocycles. The van der Waals surface area contributed by atoms with Gasteiger partial charge in [-0.25, -0.2) is 0 Å². The lowest BCUT2D eigenvalue weighted by molar-refractivity contribution is -0.140. The lowest BCUT2D eigenvalue weighted by Crippen LogP contribution is -2.42. The summed E-state index contributed by atoms with van der Waals surface area (Å²) in [7, 11) is 0. The first-order valence-electron chi connectivity index (χ1n) is 5.00. The van der Waals surface area contributed by atoms with E-state index < -0.39 is 12.0 Å². The van der Waals surface area contributed by atoms with Gasteiger partial charge in [-0.3, -0.25) is 15.2 Å². The maximum Gasteiger partial charge on any atom is 0.320 e. The van der Waals surface area contributed by atoms with Gasteiger partial charge in [0.2, 0.25) is 0 Å². The molecule has 84 valence electrons. The number of carboxylic acid groups (broad SMARTS) is 1. The number of nitrogens with one attached hydrogen (secondary N) is 2. The second-order valence-corrected chi connectivity index (χ2v) is 3.96. The molecule has 0 saturated carbocycles. The monoisotopic (exact) mass is 211 g/mol. The normalized spacial score (nSPS) is 15.2. The van der Waals surface area contributed by atoms with Gasteiger partial charge in [0.25, 0.3) is 0 Å². The van der Waals surface area contributed by atoms with Crippen molar-refractivity contribution in [3.05, 3.63) is 18.0 Å². The molecule has 0 radical (unpaired) electrons. The Hall–Kier alpha value is -1.36. The van der Waals surface area contributed by atoms with Crippen molar-refractivity contribution in [2.45, 2.75) is 32.9 Å². The second kappa shape index (κ2) is 4.93. The molecule has 0 fully saturated rings. The van der Waals surface area contributed by atoms with Crippen LogP contribution >= 0.6 is 0 Å². The van der Waals surface area contributed by atoms with E-state index in [1.807, 2.05) is 26.8 Å². The summed E-state index contributed by atoms with van der Waals surface area (Å²) >= 11 is 0. The minimum atomic E-state index is -0.823. The highest BCUT2D eigenvalue weighted by molar-refractivity contribution is 5.73. The summed E-state index contributed by atoms with van der Waals surface area (Å²) in [5.74, 6) is -0.774. The number of aromatic amines is 1. The van der Waals surface area contributed by atoms with Crippen LogP contribution in [0.25, 0.3) is 0 Å². The van der Waals surface area contributed by atoms with Crippen molar-refractivity contribution >= 4 is 5.97 Å². The number of hydrogen-bond donors (Lipinski definition) is 3. The van der Waals surface area contributed by atoms with Crippen LogP contribution in [0.4, 0.5) is 0 Å². The zero-order valence-electron chi connectivity index (χ0n) is 9.19. The summed E-state index contributed by atoms with van der Waals surface area (Å²) in [5.41, 5.74) is 0.891. The molecule has 0 spiro atoms. The van der Waals surface area contributed by atoms with Crippen LogP contribution in [0, 0.1) is 5.92 Å². The van der Waals surface area contributed by atoms with E-state index >= 15 is 0 Å². The highest BCUT2D eigenvalue weighted by Gasteiger charge is 2.23. The molecule has 0 aliphatic heterocycles. The third-order valence-corrected chi connectivity index (χ3v) is 2.35. The third-order valence-electron chi connectivity index (χ3n) is 2.35. The fourth-order valence-electron chi connectivity index (χ4n) is 1.42. The summed E-state index contributed by atoms with van der Waals surface area (Å²) in [6, 6.07) is 1.25. The Balaban J connectivity index is 2.63. The number of nitrogens with zero attached hydrogens (tertiary/aromatic N) is 1. The molecular formula is C10H17N3O2. The van der Waals surface area contributed by atoms with Crippen LogP contribution in [0.3, 0.4) is 0 Å². The van der Waals surface area contributed by atoms with Crippen LogP contribution < -0.4 is 5.32 Å². The van der Waals surface area contributed by atoms with Gasteiger partial charge in [0, 0.05) is 12.2 Å². The number of carbonyl (C=O) groups is 1. The topological polar surface area (TPSA) is 78.0 Å².